The Bertz CT molecular complexity index is 544. The Hall–Kier alpha value is -1.69. The predicted octanol–water partition coefficient (Wildman–Crippen LogP) is 2.25. The van der Waals surface area contributed by atoms with Gasteiger partial charge in [0, 0.05) is 6.54 Å². The Balaban J connectivity index is 2.08. The van der Waals surface area contributed by atoms with Crippen LogP contribution >= 0.6 is 11.6 Å². The van der Waals surface area contributed by atoms with Crippen LogP contribution in [0.5, 0.6) is 0 Å². The van der Waals surface area contributed by atoms with Crippen molar-refractivity contribution < 1.29 is 19.1 Å². The molecular weight excluding hydrogens is 287 g/mol. The summed E-state index contributed by atoms with van der Waals surface area (Å²) < 4.78 is 13.1. The molecule has 1 saturated carbocycles. The van der Waals surface area contributed by atoms with Crippen LogP contribution in [0.3, 0.4) is 0 Å². The van der Waals surface area contributed by atoms with E-state index < -0.39 is 23.1 Å². The lowest BCUT2D eigenvalue weighted by Crippen LogP contribution is -2.41. The molecule has 0 bridgehead atoms. The molecular formula is C13H14ClFN2O3. The van der Waals surface area contributed by atoms with Gasteiger partial charge in [0.25, 0.3) is 5.91 Å². The number of carbonyl (C=O) groups excluding carboxylic acids is 1. The monoisotopic (exact) mass is 300 g/mol. The van der Waals surface area contributed by atoms with Crippen molar-refractivity contribution in [2.75, 3.05) is 6.54 Å². The van der Waals surface area contributed by atoms with Crippen molar-refractivity contribution in [3.63, 3.8) is 0 Å². The minimum absolute atomic E-state index is 0.00795. The molecule has 1 fully saturated rings. The van der Waals surface area contributed by atoms with Gasteiger partial charge in [-0.2, -0.15) is 0 Å². The summed E-state index contributed by atoms with van der Waals surface area (Å²) >= 11 is 5.73. The second-order valence-electron chi connectivity index (χ2n) is 4.97. The Morgan fingerprint density at radius 3 is 2.70 bits per heavy atom. The SMILES string of the molecule is O=C(NCC1(C(=O)O)CCCC1)c1cc(F)cnc1Cl. The second kappa shape index (κ2) is 5.75. The maximum atomic E-state index is 13.1. The highest BCUT2D eigenvalue weighted by molar-refractivity contribution is 6.32. The van der Waals surface area contributed by atoms with Gasteiger partial charge in [-0.05, 0) is 18.9 Å². The summed E-state index contributed by atoms with van der Waals surface area (Å²) in [5, 5.41) is 11.7. The fourth-order valence-electron chi connectivity index (χ4n) is 2.44. The molecule has 1 aromatic rings. The van der Waals surface area contributed by atoms with Gasteiger partial charge in [-0.25, -0.2) is 9.37 Å². The molecule has 2 N–H and O–H groups in total. The summed E-state index contributed by atoms with van der Waals surface area (Å²) in [5.74, 6) is -2.21. The number of carbonyl (C=O) groups is 2. The van der Waals surface area contributed by atoms with Gasteiger partial charge >= 0.3 is 5.97 Å². The summed E-state index contributed by atoms with van der Waals surface area (Å²) in [6.07, 6.45) is 3.61. The van der Waals surface area contributed by atoms with Gasteiger partial charge in [0.1, 0.15) is 11.0 Å². The van der Waals surface area contributed by atoms with Crippen LogP contribution in [0.4, 0.5) is 4.39 Å². The number of aromatic nitrogens is 1. The van der Waals surface area contributed by atoms with Gasteiger partial charge in [-0.1, -0.05) is 24.4 Å². The van der Waals surface area contributed by atoms with Crippen molar-refractivity contribution in [3.05, 3.63) is 28.8 Å². The minimum atomic E-state index is -0.928. The number of carboxylic acid groups (broad SMARTS) is 1. The van der Waals surface area contributed by atoms with E-state index in [0.717, 1.165) is 25.1 Å². The summed E-state index contributed by atoms with van der Waals surface area (Å²) in [4.78, 5) is 26.8. The fourth-order valence-corrected chi connectivity index (χ4v) is 2.63. The van der Waals surface area contributed by atoms with Crippen molar-refractivity contribution >= 4 is 23.5 Å². The van der Waals surface area contributed by atoms with Crippen LogP contribution in [-0.2, 0) is 4.79 Å². The molecule has 0 spiro atoms. The van der Waals surface area contributed by atoms with Gasteiger partial charge in [0.05, 0.1) is 17.2 Å². The number of halogens is 2. The Kier molecular flexibility index (Phi) is 4.23. The normalized spacial score (nSPS) is 16.9. The summed E-state index contributed by atoms with van der Waals surface area (Å²) in [7, 11) is 0. The van der Waals surface area contributed by atoms with Crippen LogP contribution in [0, 0.1) is 11.2 Å². The predicted molar refractivity (Wildman–Crippen MR) is 70.1 cm³/mol. The number of rotatable bonds is 4. The first-order valence-corrected chi connectivity index (χ1v) is 6.65. The van der Waals surface area contributed by atoms with E-state index >= 15 is 0 Å². The van der Waals surface area contributed by atoms with Crippen LogP contribution in [0.1, 0.15) is 36.0 Å². The molecule has 0 radical (unpaired) electrons. The number of nitrogens with zero attached hydrogens (tertiary/aromatic N) is 1. The van der Waals surface area contributed by atoms with E-state index in [1.807, 2.05) is 0 Å². The zero-order valence-electron chi connectivity index (χ0n) is 10.7. The Labute approximate surface area is 120 Å². The first kappa shape index (κ1) is 14.7. The van der Waals surface area contributed by atoms with Gasteiger partial charge < -0.3 is 10.4 Å². The molecule has 1 amide bonds. The van der Waals surface area contributed by atoms with E-state index in [1.54, 1.807) is 0 Å². The zero-order chi connectivity index (χ0) is 14.8. The smallest absolute Gasteiger partial charge is 0.311 e. The molecule has 1 aromatic heterocycles. The third-order valence-electron chi connectivity index (χ3n) is 3.65. The van der Waals surface area contributed by atoms with Crippen molar-refractivity contribution in [3.8, 4) is 0 Å². The Morgan fingerprint density at radius 1 is 1.45 bits per heavy atom. The molecule has 108 valence electrons. The van der Waals surface area contributed by atoms with Crippen LogP contribution in [0.15, 0.2) is 12.3 Å². The molecule has 0 aromatic carbocycles. The van der Waals surface area contributed by atoms with Crippen LogP contribution in [0.25, 0.3) is 0 Å². The maximum Gasteiger partial charge on any atom is 0.311 e. The van der Waals surface area contributed by atoms with Crippen LogP contribution < -0.4 is 5.32 Å². The average molecular weight is 301 g/mol. The molecule has 1 aliphatic rings. The number of hydrogen-bond donors (Lipinski definition) is 2. The largest absolute Gasteiger partial charge is 0.481 e. The molecule has 1 heterocycles. The standard InChI is InChI=1S/C13H14ClFN2O3/c14-10-9(5-8(15)6-16-10)11(18)17-7-13(12(19)20)3-1-2-4-13/h5-6H,1-4,7H2,(H,17,18)(H,19,20). The summed E-state index contributed by atoms with van der Waals surface area (Å²) in [5.41, 5.74) is -1.02. The van der Waals surface area contributed by atoms with Gasteiger partial charge in [-0.3, -0.25) is 9.59 Å². The van der Waals surface area contributed by atoms with Gasteiger partial charge in [0.2, 0.25) is 0 Å². The van der Waals surface area contributed by atoms with Crippen molar-refractivity contribution in [1.29, 1.82) is 0 Å². The number of carboxylic acids is 1. The number of nitrogens with one attached hydrogen (secondary N) is 1. The third kappa shape index (κ3) is 2.90. The highest BCUT2D eigenvalue weighted by Gasteiger charge is 2.41. The van der Waals surface area contributed by atoms with Crippen molar-refractivity contribution in [1.82, 2.24) is 10.3 Å². The van der Waals surface area contributed by atoms with E-state index in [0.29, 0.717) is 12.8 Å². The van der Waals surface area contributed by atoms with Gasteiger partial charge in [-0.15, -0.1) is 0 Å². The molecule has 1 aliphatic carbocycles. The molecule has 2 rings (SSSR count). The first-order chi connectivity index (χ1) is 9.44. The molecule has 20 heavy (non-hydrogen) atoms. The highest BCUT2D eigenvalue weighted by atomic mass is 35.5. The van der Waals surface area contributed by atoms with E-state index in [1.165, 1.54) is 0 Å². The topological polar surface area (TPSA) is 79.3 Å². The van der Waals surface area contributed by atoms with Crippen molar-refractivity contribution in [2.45, 2.75) is 25.7 Å². The third-order valence-corrected chi connectivity index (χ3v) is 3.95. The van der Waals surface area contributed by atoms with E-state index in [2.05, 4.69) is 10.3 Å². The second-order valence-corrected chi connectivity index (χ2v) is 5.33. The van der Waals surface area contributed by atoms with E-state index in [9.17, 15) is 19.1 Å². The highest BCUT2D eigenvalue weighted by Crippen LogP contribution is 2.37. The lowest BCUT2D eigenvalue weighted by atomic mass is 9.86. The molecule has 0 unspecified atom stereocenters. The van der Waals surface area contributed by atoms with Crippen LogP contribution in [-0.4, -0.2) is 28.5 Å². The number of hydrogen-bond acceptors (Lipinski definition) is 3. The summed E-state index contributed by atoms with van der Waals surface area (Å²) in [6.45, 7) is 0.00795. The Morgan fingerprint density at radius 2 is 2.10 bits per heavy atom. The number of pyridine rings is 1. The first-order valence-electron chi connectivity index (χ1n) is 6.27. The minimum Gasteiger partial charge on any atom is -0.481 e. The molecule has 0 atom stereocenters. The number of aliphatic carboxylic acids is 1. The van der Waals surface area contributed by atoms with Crippen LogP contribution in [0.2, 0.25) is 5.15 Å². The molecule has 0 saturated heterocycles. The maximum absolute atomic E-state index is 13.1. The summed E-state index contributed by atoms with van der Waals surface area (Å²) in [6, 6.07) is 0.979. The fraction of sp³-hybridized carbons (Fsp3) is 0.462. The molecule has 5 nitrogen and oxygen atoms in total. The van der Waals surface area contributed by atoms with Crippen molar-refractivity contribution in [2.24, 2.45) is 5.41 Å². The number of amides is 1. The quantitative estimate of drug-likeness (QED) is 0.836. The lowest BCUT2D eigenvalue weighted by molar-refractivity contribution is -0.148. The van der Waals surface area contributed by atoms with E-state index in [4.69, 9.17) is 11.6 Å². The zero-order valence-corrected chi connectivity index (χ0v) is 11.4. The average Bonchev–Trinajstić information content (AvgIpc) is 2.89. The van der Waals surface area contributed by atoms with Gasteiger partial charge in [0.15, 0.2) is 0 Å². The lowest BCUT2D eigenvalue weighted by Gasteiger charge is -2.24. The molecule has 0 aliphatic heterocycles. The van der Waals surface area contributed by atoms with E-state index in [-0.39, 0.29) is 17.3 Å². The molecule has 7 heteroatoms.